The topological polar surface area (TPSA) is 68.2 Å². The second kappa shape index (κ2) is 6.10. The van der Waals surface area contributed by atoms with Crippen molar-refractivity contribution in [3.63, 3.8) is 0 Å². The summed E-state index contributed by atoms with van der Waals surface area (Å²) in [4.78, 5) is 26.3. The van der Waals surface area contributed by atoms with Gasteiger partial charge >= 0.3 is 5.97 Å². The highest BCUT2D eigenvalue weighted by Gasteiger charge is 2.28. The van der Waals surface area contributed by atoms with Gasteiger partial charge in [-0.05, 0) is 35.9 Å². The molecule has 1 atom stereocenters. The molecule has 1 saturated heterocycles. The van der Waals surface area contributed by atoms with Gasteiger partial charge in [-0.3, -0.25) is 0 Å². The van der Waals surface area contributed by atoms with E-state index >= 15 is 0 Å². The number of hydrogen-bond acceptors (Lipinski definition) is 5. The number of carboxylic acids is 1. The van der Waals surface area contributed by atoms with E-state index in [4.69, 9.17) is 19.8 Å². The molecule has 0 amide bonds. The molecule has 2 aromatic carbocycles. The Balaban J connectivity index is 1.65. The molecule has 1 aliphatic heterocycles. The van der Waals surface area contributed by atoms with Gasteiger partial charge in [0.1, 0.15) is 5.82 Å². The summed E-state index contributed by atoms with van der Waals surface area (Å²) in [7, 11) is 0. The van der Waals surface area contributed by atoms with Crippen LogP contribution in [0.3, 0.4) is 0 Å². The number of anilines is 1. The zero-order valence-electron chi connectivity index (χ0n) is 11.3. The predicted octanol–water partition coefficient (Wildman–Crippen LogP) is 2.71. The zero-order valence-corrected chi connectivity index (χ0v) is 11.3. The van der Waals surface area contributed by atoms with Crippen molar-refractivity contribution >= 4 is 11.7 Å². The third-order valence-electron chi connectivity index (χ3n) is 3.05. The first kappa shape index (κ1) is 14.5. The first-order valence-corrected chi connectivity index (χ1v) is 6.50. The van der Waals surface area contributed by atoms with Crippen LogP contribution >= 0.6 is 0 Å². The van der Waals surface area contributed by atoms with Crippen molar-refractivity contribution in [2.75, 3.05) is 5.23 Å². The molecule has 0 radical (unpaired) electrons. The minimum Gasteiger partial charge on any atom is -0.478 e. The molecule has 1 fully saturated rings. The molecule has 1 heterocycles. The first-order valence-electron chi connectivity index (χ1n) is 6.50. The molecular formula is C15H12FNO5. The molecule has 7 heteroatoms. The van der Waals surface area contributed by atoms with E-state index in [1.165, 1.54) is 24.3 Å². The number of benzene rings is 2. The van der Waals surface area contributed by atoms with Gasteiger partial charge < -0.3 is 5.11 Å². The fourth-order valence-corrected chi connectivity index (χ4v) is 1.97. The van der Waals surface area contributed by atoms with Crippen LogP contribution in [0.25, 0.3) is 0 Å². The van der Waals surface area contributed by atoms with Crippen LogP contribution in [-0.2, 0) is 21.1 Å². The van der Waals surface area contributed by atoms with Crippen molar-refractivity contribution in [2.24, 2.45) is 0 Å². The molecule has 0 aromatic heterocycles. The minimum atomic E-state index is -1.05. The maximum Gasteiger partial charge on any atom is 0.335 e. The molecule has 1 N–H and O–H groups in total. The predicted molar refractivity (Wildman–Crippen MR) is 73.0 cm³/mol. The molecule has 1 aliphatic rings. The van der Waals surface area contributed by atoms with Crippen LogP contribution in [0.1, 0.15) is 15.9 Å². The second-order valence-electron chi connectivity index (χ2n) is 4.65. The van der Waals surface area contributed by atoms with E-state index < -0.39 is 12.3 Å². The second-order valence-corrected chi connectivity index (χ2v) is 4.65. The van der Waals surface area contributed by atoms with E-state index in [0.717, 1.165) is 10.8 Å². The Morgan fingerprint density at radius 1 is 1.23 bits per heavy atom. The highest BCUT2D eigenvalue weighted by molar-refractivity contribution is 5.88. The van der Waals surface area contributed by atoms with Crippen molar-refractivity contribution in [1.29, 1.82) is 0 Å². The average Bonchev–Trinajstić information content (AvgIpc) is 2.98. The van der Waals surface area contributed by atoms with Crippen LogP contribution in [-0.4, -0.2) is 17.4 Å². The Labute approximate surface area is 125 Å². The fraction of sp³-hybridized carbons (Fsp3) is 0.133. The van der Waals surface area contributed by atoms with Gasteiger partial charge in [0.15, 0.2) is 0 Å². The Bertz CT molecular complexity index is 676. The lowest BCUT2D eigenvalue weighted by Gasteiger charge is -2.12. The summed E-state index contributed by atoms with van der Waals surface area (Å²) in [6, 6.07) is 12.0. The lowest BCUT2D eigenvalue weighted by atomic mass is 10.1. The van der Waals surface area contributed by atoms with Gasteiger partial charge in [0.05, 0.1) is 11.3 Å². The van der Waals surface area contributed by atoms with Gasteiger partial charge in [-0.2, -0.15) is 4.89 Å². The third kappa shape index (κ3) is 3.22. The van der Waals surface area contributed by atoms with Crippen molar-refractivity contribution in [1.82, 2.24) is 0 Å². The van der Waals surface area contributed by atoms with E-state index in [1.807, 2.05) is 0 Å². The minimum absolute atomic E-state index is 0.103. The smallest absolute Gasteiger partial charge is 0.335 e. The molecular weight excluding hydrogens is 293 g/mol. The number of nitrogens with zero attached hydrogens (tertiary/aromatic N) is 1. The summed E-state index contributed by atoms with van der Waals surface area (Å²) >= 11 is 0. The van der Waals surface area contributed by atoms with Gasteiger partial charge in [-0.1, -0.05) is 28.4 Å². The summed E-state index contributed by atoms with van der Waals surface area (Å²) in [5.41, 5.74) is 1.31. The van der Waals surface area contributed by atoms with Gasteiger partial charge in [-0.25, -0.2) is 14.0 Å². The highest BCUT2D eigenvalue weighted by atomic mass is 19.1. The maximum atomic E-state index is 12.8. The normalized spacial score (nSPS) is 17.7. The zero-order chi connectivity index (χ0) is 15.5. The molecule has 3 rings (SSSR count). The summed E-state index contributed by atoms with van der Waals surface area (Å²) < 4.78 is 12.8. The molecule has 6 nitrogen and oxygen atoms in total. The Morgan fingerprint density at radius 3 is 2.73 bits per heavy atom. The van der Waals surface area contributed by atoms with Gasteiger partial charge in [0.25, 0.3) is 0 Å². The molecule has 0 aliphatic carbocycles. The number of carboxylic acid groups (broad SMARTS) is 1. The standard InChI is InChI=1S/C15H12FNO5/c16-12-6-4-10(5-7-12)8-14-20-17(22-21-14)13-3-1-2-11(9-13)15(18)19/h1-7,9,14H,8H2,(H,18,19). The summed E-state index contributed by atoms with van der Waals surface area (Å²) in [5, 5.41) is 9.96. The summed E-state index contributed by atoms with van der Waals surface area (Å²) in [5.74, 6) is -1.37. The van der Waals surface area contributed by atoms with E-state index in [2.05, 4.69) is 0 Å². The van der Waals surface area contributed by atoms with Crippen molar-refractivity contribution in [3.05, 3.63) is 65.5 Å². The van der Waals surface area contributed by atoms with Crippen LogP contribution in [0.15, 0.2) is 48.5 Å². The maximum absolute atomic E-state index is 12.8. The van der Waals surface area contributed by atoms with E-state index in [-0.39, 0.29) is 11.4 Å². The SMILES string of the molecule is O=C(O)c1cccc(N2OOC(Cc3ccc(F)cc3)O2)c1. The lowest BCUT2D eigenvalue weighted by molar-refractivity contribution is -0.283. The average molecular weight is 305 g/mol. The van der Waals surface area contributed by atoms with Crippen LogP contribution in [0.2, 0.25) is 0 Å². The lowest BCUT2D eigenvalue weighted by Crippen LogP contribution is -2.19. The number of rotatable bonds is 4. The number of aromatic carboxylic acids is 1. The number of halogens is 1. The van der Waals surface area contributed by atoms with E-state index in [0.29, 0.717) is 12.1 Å². The fourth-order valence-electron chi connectivity index (χ4n) is 1.97. The Morgan fingerprint density at radius 2 is 2.00 bits per heavy atom. The monoisotopic (exact) mass is 305 g/mol. The summed E-state index contributed by atoms with van der Waals surface area (Å²) in [6.45, 7) is 0. The largest absolute Gasteiger partial charge is 0.478 e. The van der Waals surface area contributed by atoms with Gasteiger partial charge in [0, 0.05) is 6.42 Å². The quantitative estimate of drug-likeness (QED) is 0.876. The first-order chi connectivity index (χ1) is 10.6. The van der Waals surface area contributed by atoms with E-state index in [1.54, 1.807) is 24.3 Å². The molecule has 114 valence electrons. The third-order valence-corrected chi connectivity index (χ3v) is 3.05. The van der Waals surface area contributed by atoms with E-state index in [9.17, 15) is 9.18 Å². The highest BCUT2D eigenvalue weighted by Crippen LogP contribution is 2.24. The van der Waals surface area contributed by atoms with Crippen molar-refractivity contribution in [2.45, 2.75) is 12.7 Å². The Hall–Kier alpha value is -2.48. The van der Waals surface area contributed by atoms with Crippen LogP contribution in [0.4, 0.5) is 10.1 Å². The molecule has 22 heavy (non-hydrogen) atoms. The van der Waals surface area contributed by atoms with Crippen molar-refractivity contribution in [3.8, 4) is 0 Å². The molecule has 1 unspecified atom stereocenters. The summed E-state index contributed by atoms with van der Waals surface area (Å²) in [6.07, 6.45) is -0.353. The number of carbonyl (C=O) groups is 1. The molecule has 0 saturated carbocycles. The Kier molecular flexibility index (Phi) is 4.01. The van der Waals surface area contributed by atoms with Gasteiger partial charge in [0.2, 0.25) is 6.29 Å². The van der Waals surface area contributed by atoms with Gasteiger partial charge in [-0.15, -0.1) is 0 Å². The van der Waals surface area contributed by atoms with Crippen LogP contribution in [0.5, 0.6) is 0 Å². The van der Waals surface area contributed by atoms with Crippen LogP contribution in [0, 0.1) is 5.82 Å². The molecule has 2 aromatic rings. The molecule has 0 bridgehead atoms. The van der Waals surface area contributed by atoms with Crippen molar-refractivity contribution < 1.29 is 29.0 Å². The van der Waals surface area contributed by atoms with Crippen LogP contribution < -0.4 is 5.23 Å². The molecule has 0 spiro atoms. The number of hydrogen-bond donors (Lipinski definition) is 1.